The fraction of sp³-hybridized carbons (Fsp3) is 0.500. The van der Waals surface area contributed by atoms with Crippen molar-refractivity contribution in [2.24, 2.45) is 0 Å². The first-order chi connectivity index (χ1) is 9.64. The van der Waals surface area contributed by atoms with Crippen LogP contribution in [0.4, 0.5) is 10.5 Å². The van der Waals surface area contributed by atoms with Crippen LogP contribution in [-0.2, 0) is 21.2 Å². The summed E-state index contributed by atoms with van der Waals surface area (Å²) in [7, 11) is -2.18. The zero-order chi connectivity index (χ0) is 15.8. The van der Waals surface area contributed by atoms with Crippen molar-refractivity contribution >= 4 is 21.8 Å². The quantitative estimate of drug-likeness (QED) is 0.795. The average molecular weight is 313 g/mol. The molecule has 1 aliphatic heterocycles. The number of hydrogen-bond acceptors (Lipinski definition) is 5. The van der Waals surface area contributed by atoms with Crippen LogP contribution in [0.1, 0.15) is 26.3 Å². The highest BCUT2D eigenvalue weighted by molar-refractivity contribution is 7.93. The summed E-state index contributed by atoms with van der Waals surface area (Å²) >= 11 is 0. The molecule has 1 heterocycles. The van der Waals surface area contributed by atoms with Crippen LogP contribution in [0.15, 0.2) is 18.2 Å². The Morgan fingerprint density at radius 2 is 1.95 bits per heavy atom. The SMILES string of the molecule is COc1ccc2c(c1)CCS(=O)(=O)N2C(=O)OC(C)(C)C. The predicted octanol–water partition coefficient (Wildman–Crippen LogP) is 2.32. The van der Waals surface area contributed by atoms with Crippen LogP contribution < -0.4 is 9.04 Å². The van der Waals surface area contributed by atoms with Gasteiger partial charge in [-0.05, 0) is 51.0 Å². The van der Waals surface area contributed by atoms with Crippen LogP contribution in [0.2, 0.25) is 0 Å². The lowest BCUT2D eigenvalue weighted by molar-refractivity contribution is 0.0608. The van der Waals surface area contributed by atoms with E-state index in [2.05, 4.69) is 0 Å². The van der Waals surface area contributed by atoms with Gasteiger partial charge in [0.05, 0.1) is 18.6 Å². The second-order valence-electron chi connectivity index (χ2n) is 5.81. The van der Waals surface area contributed by atoms with Crippen molar-refractivity contribution in [3.8, 4) is 5.75 Å². The third kappa shape index (κ3) is 3.29. The fourth-order valence-corrected chi connectivity index (χ4v) is 3.49. The maximum Gasteiger partial charge on any atom is 0.428 e. The smallest absolute Gasteiger partial charge is 0.428 e. The number of aryl methyl sites for hydroxylation is 1. The van der Waals surface area contributed by atoms with E-state index in [9.17, 15) is 13.2 Å². The predicted molar refractivity (Wildman–Crippen MR) is 79.2 cm³/mol. The van der Waals surface area contributed by atoms with Gasteiger partial charge in [0.1, 0.15) is 11.4 Å². The maximum atomic E-state index is 12.2. The molecule has 0 aromatic heterocycles. The van der Waals surface area contributed by atoms with Crippen LogP contribution >= 0.6 is 0 Å². The number of carbonyl (C=O) groups excluding carboxylic acids is 1. The molecule has 0 N–H and O–H groups in total. The number of benzene rings is 1. The molecule has 0 unspecified atom stereocenters. The number of rotatable bonds is 1. The van der Waals surface area contributed by atoms with E-state index < -0.39 is 21.7 Å². The number of ether oxygens (including phenoxy) is 2. The van der Waals surface area contributed by atoms with Crippen molar-refractivity contribution < 1.29 is 22.7 Å². The van der Waals surface area contributed by atoms with Crippen LogP contribution in [0, 0.1) is 0 Å². The zero-order valence-electron chi connectivity index (χ0n) is 12.5. The molecule has 0 aliphatic carbocycles. The lowest BCUT2D eigenvalue weighted by Gasteiger charge is -2.31. The summed E-state index contributed by atoms with van der Waals surface area (Å²) in [5.74, 6) is 0.490. The highest BCUT2D eigenvalue weighted by Crippen LogP contribution is 2.33. The Hall–Kier alpha value is -1.76. The first-order valence-corrected chi connectivity index (χ1v) is 8.18. The average Bonchev–Trinajstić information content (AvgIpc) is 2.35. The van der Waals surface area contributed by atoms with E-state index in [-0.39, 0.29) is 5.75 Å². The number of anilines is 1. The normalized spacial score (nSPS) is 17.0. The molecule has 1 amide bonds. The maximum absolute atomic E-state index is 12.2. The molecule has 0 radical (unpaired) electrons. The van der Waals surface area contributed by atoms with E-state index in [4.69, 9.17) is 9.47 Å². The van der Waals surface area contributed by atoms with Crippen molar-refractivity contribution in [1.29, 1.82) is 0 Å². The minimum atomic E-state index is -3.71. The number of hydrogen-bond donors (Lipinski definition) is 0. The topological polar surface area (TPSA) is 72.9 Å². The molecule has 0 bridgehead atoms. The molecule has 6 nitrogen and oxygen atoms in total. The van der Waals surface area contributed by atoms with Crippen LogP contribution in [-0.4, -0.2) is 33.0 Å². The molecule has 0 fully saturated rings. The second-order valence-corrected chi connectivity index (χ2v) is 7.74. The van der Waals surface area contributed by atoms with Crippen molar-refractivity contribution in [3.63, 3.8) is 0 Å². The third-order valence-electron chi connectivity index (χ3n) is 2.97. The summed E-state index contributed by atoms with van der Waals surface area (Å²) < 4.78 is 35.5. The van der Waals surface area contributed by atoms with E-state index >= 15 is 0 Å². The summed E-state index contributed by atoms with van der Waals surface area (Å²) in [6.45, 7) is 5.07. The molecule has 7 heteroatoms. The Morgan fingerprint density at radius 1 is 1.29 bits per heavy atom. The number of methoxy groups -OCH3 is 1. The number of carbonyl (C=O) groups is 1. The van der Waals surface area contributed by atoms with E-state index in [0.717, 1.165) is 9.87 Å². The molecule has 1 aromatic carbocycles. The monoisotopic (exact) mass is 313 g/mol. The summed E-state index contributed by atoms with van der Waals surface area (Å²) in [6, 6.07) is 4.92. The molecule has 0 saturated heterocycles. The fourth-order valence-electron chi connectivity index (χ4n) is 2.08. The molecule has 116 valence electrons. The van der Waals surface area contributed by atoms with Gasteiger partial charge in [-0.1, -0.05) is 0 Å². The van der Waals surface area contributed by atoms with Gasteiger partial charge in [0.25, 0.3) is 0 Å². The Labute approximate surface area is 124 Å². The van der Waals surface area contributed by atoms with Gasteiger partial charge < -0.3 is 9.47 Å². The van der Waals surface area contributed by atoms with Gasteiger partial charge in [0.15, 0.2) is 0 Å². The Kier molecular flexibility index (Phi) is 3.88. The lowest BCUT2D eigenvalue weighted by atomic mass is 10.1. The second kappa shape index (κ2) is 5.22. The van der Waals surface area contributed by atoms with E-state index in [1.54, 1.807) is 39.0 Å². The third-order valence-corrected chi connectivity index (χ3v) is 4.59. The van der Waals surface area contributed by atoms with Gasteiger partial charge in [0.2, 0.25) is 10.0 Å². The molecule has 0 spiro atoms. The van der Waals surface area contributed by atoms with Crippen LogP contribution in [0.25, 0.3) is 0 Å². The van der Waals surface area contributed by atoms with Gasteiger partial charge >= 0.3 is 6.09 Å². The number of nitrogens with zero attached hydrogens (tertiary/aromatic N) is 1. The molecule has 0 atom stereocenters. The highest BCUT2D eigenvalue weighted by Gasteiger charge is 2.37. The Morgan fingerprint density at radius 3 is 2.52 bits per heavy atom. The lowest BCUT2D eigenvalue weighted by Crippen LogP contribution is -2.45. The van der Waals surface area contributed by atoms with Crippen molar-refractivity contribution in [2.45, 2.75) is 32.8 Å². The van der Waals surface area contributed by atoms with Crippen LogP contribution in [0.5, 0.6) is 5.75 Å². The first kappa shape index (κ1) is 15.6. The van der Waals surface area contributed by atoms with Gasteiger partial charge in [-0.3, -0.25) is 0 Å². The first-order valence-electron chi connectivity index (χ1n) is 6.57. The largest absolute Gasteiger partial charge is 0.497 e. The van der Waals surface area contributed by atoms with Crippen LogP contribution in [0.3, 0.4) is 0 Å². The Balaban J connectivity index is 2.46. The highest BCUT2D eigenvalue weighted by atomic mass is 32.2. The Bertz CT molecular complexity index is 660. The molecular formula is C14H19NO5S. The molecule has 1 aromatic rings. The number of amides is 1. The van der Waals surface area contributed by atoms with Crippen molar-refractivity contribution in [2.75, 3.05) is 17.2 Å². The molecule has 1 aliphatic rings. The van der Waals surface area contributed by atoms with Gasteiger partial charge in [-0.15, -0.1) is 0 Å². The van der Waals surface area contributed by atoms with Gasteiger partial charge in [0, 0.05) is 0 Å². The summed E-state index contributed by atoms with van der Waals surface area (Å²) in [5.41, 5.74) is 0.308. The number of sulfonamides is 1. The van der Waals surface area contributed by atoms with E-state index in [0.29, 0.717) is 17.9 Å². The van der Waals surface area contributed by atoms with Gasteiger partial charge in [-0.25, -0.2) is 13.2 Å². The summed E-state index contributed by atoms with van der Waals surface area (Å²) in [4.78, 5) is 12.2. The molecule has 0 saturated carbocycles. The summed E-state index contributed by atoms with van der Waals surface area (Å²) in [6.07, 6.45) is -0.539. The standard InChI is InChI=1S/C14H19NO5S/c1-14(2,3)20-13(16)15-12-6-5-11(19-4)9-10(12)7-8-21(15,17)18/h5-6,9H,7-8H2,1-4H3. The number of fused-ring (bicyclic) bond motifs is 1. The van der Waals surface area contributed by atoms with Crippen molar-refractivity contribution in [1.82, 2.24) is 0 Å². The van der Waals surface area contributed by atoms with Gasteiger partial charge in [-0.2, -0.15) is 4.31 Å². The van der Waals surface area contributed by atoms with E-state index in [1.165, 1.54) is 7.11 Å². The minimum Gasteiger partial charge on any atom is -0.497 e. The summed E-state index contributed by atoms with van der Waals surface area (Å²) in [5, 5.41) is 0. The van der Waals surface area contributed by atoms with Crippen molar-refractivity contribution in [3.05, 3.63) is 23.8 Å². The molecular weight excluding hydrogens is 294 g/mol. The molecule has 21 heavy (non-hydrogen) atoms. The van der Waals surface area contributed by atoms with E-state index in [1.807, 2.05) is 0 Å². The minimum absolute atomic E-state index is 0.133. The molecule has 2 rings (SSSR count). The zero-order valence-corrected chi connectivity index (χ0v) is 13.4.